The van der Waals surface area contributed by atoms with Crippen LogP contribution in [-0.4, -0.2) is 18.2 Å². The molecule has 0 radical (unpaired) electrons. The van der Waals surface area contributed by atoms with Crippen molar-refractivity contribution in [1.82, 2.24) is 5.32 Å². The highest BCUT2D eigenvalue weighted by molar-refractivity contribution is 7.12. The fraction of sp³-hybridized carbons (Fsp3) is 0.583. The number of thiophene rings is 1. The summed E-state index contributed by atoms with van der Waals surface area (Å²) in [6.07, 6.45) is 4.53. The zero-order valence-electron chi connectivity index (χ0n) is 8.98. The van der Waals surface area contributed by atoms with Crippen molar-refractivity contribution in [3.05, 3.63) is 21.9 Å². The normalized spacial score (nSPS) is 31.8. The second-order valence-electron chi connectivity index (χ2n) is 4.47. The summed E-state index contributed by atoms with van der Waals surface area (Å²) in [7, 11) is 0. The first kappa shape index (κ1) is 10.3. The molecule has 0 aliphatic carbocycles. The number of nitrogens with zero attached hydrogens (tertiary/aromatic N) is 1. The Labute approximate surface area is 99.0 Å². The van der Waals surface area contributed by atoms with E-state index >= 15 is 0 Å². The Morgan fingerprint density at radius 1 is 1.50 bits per heavy atom. The molecule has 3 unspecified atom stereocenters. The molecular weight excluding hydrogens is 220 g/mol. The first-order valence-corrected chi connectivity index (χ1v) is 6.54. The number of ether oxygens (including phenoxy) is 1. The third-order valence-corrected chi connectivity index (χ3v) is 4.41. The van der Waals surface area contributed by atoms with Gasteiger partial charge in [-0.15, -0.1) is 11.3 Å². The molecule has 4 heteroatoms. The number of hydrogen-bond acceptors (Lipinski definition) is 4. The maximum Gasteiger partial charge on any atom is 0.110 e. The molecule has 2 fully saturated rings. The Bertz CT molecular complexity index is 423. The minimum absolute atomic E-state index is 0.431. The van der Waals surface area contributed by atoms with Gasteiger partial charge in [-0.1, -0.05) is 0 Å². The molecule has 3 nitrogen and oxygen atoms in total. The standard InChI is InChI=1S/C12H14N2OS/c13-6-9-2-3-10(16-9)7-14-11-5-8-1-4-12(11)15-8/h2-3,8,11-12,14H,1,4-5,7H2. The van der Waals surface area contributed by atoms with Crippen molar-refractivity contribution in [3.63, 3.8) is 0 Å². The van der Waals surface area contributed by atoms with Crippen LogP contribution in [-0.2, 0) is 11.3 Å². The van der Waals surface area contributed by atoms with Gasteiger partial charge in [0.05, 0.1) is 12.2 Å². The predicted octanol–water partition coefficient (Wildman–Crippen LogP) is 2.03. The smallest absolute Gasteiger partial charge is 0.110 e. The summed E-state index contributed by atoms with van der Waals surface area (Å²) < 4.78 is 5.79. The van der Waals surface area contributed by atoms with Crippen LogP contribution in [0.4, 0.5) is 0 Å². The highest BCUT2D eigenvalue weighted by Crippen LogP contribution is 2.34. The van der Waals surface area contributed by atoms with Crippen LogP contribution in [0.3, 0.4) is 0 Å². The van der Waals surface area contributed by atoms with Crippen LogP contribution < -0.4 is 5.32 Å². The minimum atomic E-state index is 0.431. The van der Waals surface area contributed by atoms with E-state index in [-0.39, 0.29) is 0 Å². The fourth-order valence-electron chi connectivity index (χ4n) is 2.62. The molecule has 0 spiro atoms. The van der Waals surface area contributed by atoms with Gasteiger partial charge in [0, 0.05) is 17.5 Å². The molecule has 3 heterocycles. The van der Waals surface area contributed by atoms with Crippen molar-refractivity contribution in [2.75, 3.05) is 0 Å². The van der Waals surface area contributed by atoms with E-state index in [4.69, 9.17) is 10.00 Å². The summed E-state index contributed by atoms with van der Waals surface area (Å²) in [4.78, 5) is 2.03. The van der Waals surface area contributed by atoms with Gasteiger partial charge in [0.2, 0.25) is 0 Å². The number of nitrogens with one attached hydrogen (secondary N) is 1. The van der Waals surface area contributed by atoms with Crippen LogP contribution in [0.25, 0.3) is 0 Å². The third-order valence-electron chi connectivity index (χ3n) is 3.42. The Balaban J connectivity index is 1.55. The fourth-order valence-corrected chi connectivity index (χ4v) is 3.37. The van der Waals surface area contributed by atoms with Gasteiger partial charge in [0.1, 0.15) is 10.9 Å². The second-order valence-corrected chi connectivity index (χ2v) is 5.64. The van der Waals surface area contributed by atoms with E-state index in [1.165, 1.54) is 17.7 Å². The number of fused-ring (bicyclic) bond motifs is 2. The van der Waals surface area contributed by atoms with E-state index in [0.717, 1.165) is 17.8 Å². The molecule has 1 aromatic rings. The zero-order chi connectivity index (χ0) is 11.0. The lowest BCUT2D eigenvalue weighted by molar-refractivity contribution is 0.0973. The Morgan fingerprint density at radius 3 is 3.06 bits per heavy atom. The molecule has 2 aliphatic rings. The topological polar surface area (TPSA) is 45.0 Å². The van der Waals surface area contributed by atoms with Crippen molar-refractivity contribution >= 4 is 11.3 Å². The SMILES string of the molecule is N#Cc1ccc(CNC2CC3CCC2O3)s1. The van der Waals surface area contributed by atoms with Gasteiger partial charge in [-0.05, 0) is 31.4 Å². The highest BCUT2D eigenvalue weighted by Gasteiger charge is 2.40. The van der Waals surface area contributed by atoms with E-state index in [1.54, 1.807) is 11.3 Å². The molecule has 2 saturated heterocycles. The second kappa shape index (κ2) is 4.17. The summed E-state index contributed by atoms with van der Waals surface area (Å²) >= 11 is 1.57. The van der Waals surface area contributed by atoms with E-state index in [9.17, 15) is 0 Å². The lowest BCUT2D eigenvalue weighted by atomic mass is 9.95. The van der Waals surface area contributed by atoms with E-state index in [1.807, 2.05) is 12.1 Å². The molecule has 0 saturated carbocycles. The van der Waals surface area contributed by atoms with E-state index in [0.29, 0.717) is 18.2 Å². The highest BCUT2D eigenvalue weighted by atomic mass is 32.1. The maximum atomic E-state index is 8.74. The molecule has 1 N–H and O–H groups in total. The van der Waals surface area contributed by atoms with Crippen molar-refractivity contribution < 1.29 is 4.74 Å². The van der Waals surface area contributed by atoms with Gasteiger partial charge < -0.3 is 10.1 Å². The maximum absolute atomic E-state index is 8.74. The molecule has 3 atom stereocenters. The summed E-state index contributed by atoms with van der Waals surface area (Å²) in [5.74, 6) is 0. The lowest BCUT2D eigenvalue weighted by Crippen LogP contribution is -2.36. The molecule has 1 aromatic heterocycles. The van der Waals surface area contributed by atoms with Crippen LogP contribution in [0.15, 0.2) is 12.1 Å². The van der Waals surface area contributed by atoms with Gasteiger partial charge in [-0.25, -0.2) is 0 Å². The monoisotopic (exact) mass is 234 g/mol. The largest absolute Gasteiger partial charge is 0.373 e. The van der Waals surface area contributed by atoms with Crippen LogP contribution in [0.5, 0.6) is 0 Å². The lowest BCUT2D eigenvalue weighted by Gasteiger charge is -2.19. The predicted molar refractivity (Wildman–Crippen MR) is 62.2 cm³/mol. The Hall–Kier alpha value is -0.890. The third kappa shape index (κ3) is 1.86. The van der Waals surface area contributed by atoms with Crippen LogP contribution >= 0.6 is 11.3 Å². The summed E-state index contributed by atoms with van der Waals surface area (Å²) in [6.45, 7) is 0.865. The van der Waals surface area contributed by atoms with Crippen molar-refractivity contribution in [2.24, 2.45) is 0 Å². The van der Waals surface area contributed by atoms with Gasteiger partial charge in [0.15, 0.2) is 0 Å². The Morgan fingerprint density at radius 2 is 2.44 bits per heavy atom. The first-order valence-electron chi connectivity index (χ1n) is 5.73. The molecule has 0 aromatic carbocycles. The number of rotatable bonds is 3. The van der Waals surface area contributed by atoms with Crippen LogP contribution in [0.2, 0.25) is 0 Å². The van der Waals surface area contributed by atoms with Crippen LogP contribution in [0, 0.1) is 11.3 Å². The molecule has 2 aliphatic heterocycles. The summed E-state index contributed by atoms with van der Waals surface area (Å²) in [6, 6.07) is 6.61. The van der Waals surface area contributed by atoms with E-state index < -0.39 is 0 Å². The summed E-state index contributed by atoms with van der Waals surface area (Å²) in [5, 5.41) is 12.3. The van der Waals surface area contributed by atoms with Gasteiger partial charge in [0.25, 0.3) is 0 Å². The number of hydrogen-bond donors (Lipinski definition) is 1. The average Bonchev–Trinajstić information content (AvgIpc) is 3.02. The molecular formula is C12H14N2OS. The van der Waals surface area contributed by atoms with Crippen LogP contribution in [0.1, 0.15) is 29.0 Å². The number of nitriles is 1. The van der Waals surface area contributed by atoms with Crippen molar-refractivity contribution in [1.29, 1.82) is 5.26 Å². The van der Waals surface area contributed by atoms with Gasteiger partial charge in [-0.3, -0.25) is 0 Å². The molecule has 3 rings (SSSR count). The zero-order valence-corrected chi connectivity index (χ0v) is 9.80. The van der Waals surface area contributed by atoms with Gasteiger partial charge >= 0.3 is 0 Å². The quantitative estimate of drug-likeness (QED) is 0.870. The van der Waals surface area contributed by atoms with Crippen molar-refractivity contribution in [3.8, 4) is 6.07 Å². The summed E-state index contributed by atoms with van der Waals surface area (Å²) in [5.41, 5.74) is 0. The molecule has 0 amide bonds. The molecule has 84 valence electrons. The Kier molecular flexibility index (Phi) is 2.68. The molecule has 2 bridgehead atoms. The van der Waals surface area contributed by atoms with Crippen molar-refractivity contribution in [2.45, 2.75) is 44.1 Å². The van der Waals surface area contributed by atoms with Gasteiger partial charge in [-0.2, -0.15) is 5.26 Å². The van der Waals surface area contributed by atoms with E-state index in [2.05, 4.69) is 11.4 Å². The molecule has 16 heavy (non-hydrogen) atoms. The average molecular weight is 234 g/mol. The first-order chi connectivity index (χ1) is 7.85. The minimum Gasteiger partial charge on any atom is -0.373 e.